The molecule has 1 atom stereocenters. The Kier molecular flexibility index (Phi) is 7.32. The standard InChI is InChI=1S/C28H40ClN5O2/c1-18(25-31-24-14-22(29)7-8-23(24)26(35)33(25)2)34(10-6-4-3-5-9-30)27(36)32-28-15-19-11-20(16-28)13-21(12-19)17-28/h7-8,14,18-21H,3-6,9-13,15-17,30H2,1-2H3,(H,32,36). The largest absolute Gasteiger partial charge is 0.333 e. The maximum absolute atomic E-state index is 13.9. The van der Waals surface area contributed by atoms with Crippen LogP contribution in [0.5, 0.6) is 0 Å². The van der Waals surface area contributed by atoms with Gasteiger partial charge in [0, 0.05) is 24.2 Å². The lowest BCUT2D eigenvalue weighted by atomic mass is 9.53. The Labute approximate surface area is 218 Å². The first-order valence-electron chi connectivity index (χ1n) is 13.7. The van der Waals surface area contributed by atoms with E-state index in [1.165, 1.54) is 19.3 Å². The number of nitrogens with two attached hydrogens (primary N) is 1. The lowest BCUT2D eigenvalue weighted by molar-refractivity contribution is -0.0164. The van der Waals surface area contributed by atoms with E-state index in [2.05, 4.69) is 5.32 Å². The van der Waals surface area contributed by atoms with Gasteiger partial charge in [0.15, 0.2) is 0 Å². The van der Waals surface area contributed by atoms with Gasteiger partial charge in [0.1, 0.15) is 5.82 Å². The van der Waals surface area contributed by atoms with Crippen LogP contribution in [0.1, 0.15) is 83.0 Å². The highest BCUT2D eigenvalue weighted by Gasteiger charge is 2.52. The SMILES string of the molecule is CC(c1nc2cc(Cl)ccc2c(=O)n1C)N(CCCCCCN)C(=O)NC12CC3CC(CC(C3)C1)C2. The van der Waals surface area contributed by atoms with Gasteiger partial charge >= 0.3 is 6.03 Å². The summed E-state index contributed by atoms with van der Waals surface area (Å²) in [5.74, 6) is 2.85. The average Bonchev–Trinajstić information content (AvgIpc) is 2.82. The number of unbranched alkanes of at least 4 members (excludes halogenated alkanes) is 3. The molecule has 2 amide bonds. The molecular weight excluding hydrogens is 474 g/mol. The monoisotopic (exact) mass is 513 g/mol. The molecule has 1 heterocycles. The number of fused-ring (bicyclic) bond motifs is 1. The van der Waals surface area contributed by atoms with Gasteiger partial charge in [-0.05, 0) is 101 Å². The zero-order chi connectivity index (χ0) is 25.4. The number of benzene rings is 1. The number of aromatic nitrogens is 2. The van der Waals surface area contributed by atoms with E-state index in [0.717, 1.165) is 62.7 Å². The third-order valence-corrected chi connectivity index (χ3v) is 9.17. The zero-order valence-electron chi connectivity index (χ0n) is 21.6. The Morgan fingerprint density at radius 1 is 1.17 bits per heavy atom. The fraction of sp³-hybridized carbons (Fsp3) is 0.679. The minimum atomic E-state index is -0.352. The van der Waals surface area contributed by atoms with Crippen LogP contribution in [0.3, 0.4) is 0 Å². The zero-order valence-corrected chi connectivity index (χ0v) is 22.4. The highest BCUT2D eigenvalue weighted by Crippen LogP contribution is 2.55. The molecule has 3 N–H and O–H groups in total. The summed E-state index contributed by atoms with van der Waals surface area (Å²) >= 11 is 6.21. The second-order valence-electron chi connectivity index (χ2n) is 11.7. The van der Waals surface area contributed by atoms with Crippen molar-refractivity contribution >= 4 is 28.5 Å². The van der Waals surface area contributed by atoms with Crippen molar-refractivity contribution in [2.45, 2.75) is 82.7 Å². The molecule has 8 heteroatoms. The third-order valence-electron chi connectivity index (χ3n) is 8.94. The van der Waals surface area contributed by atoms with E-state index in [1.807, 2.05) is 11.8 Å². The van der Waals surface area contributed by atoms with Crippen molar-refractivity contribution in [3.63, 3.8) is 0 Å². The van der Waals surface area contributed by atoms with Crippen LogP contribution in [0.4, 0.5) is 4.79 Å². The van der Waals surface area contributed by atoms with E-state index in [1.54, 1.807) is 29.8 Å². The number of carbonyl (C=O) groups is 1. The summed E-state index contributed by atoms with van der Waals surface area (Å²) in [6, 6.07) is 4.78. The molecule has 4 saturated carbocycles. The Bertz CT molecular complexity index is 1140. The first-order valence-corrected chi connectivity index (χ1v) is 14.1. The molecule has 6 rings (SSSR count). The number of nitrogens with zero attached hydrogens (tertiary/aromatic N) is 3. The van der Waals surface area contributed by atoms with Crippen LogP contribution in [-0.2, 0) is 7.05 Å². The van der Waals surface area contributed by atoms with E-state index in [4.69, 9.17) is 22.3 Å². The molecule has 7 nitrogen and oxygen atoms in total. The van der Waals surface area contributed by atoms with Crippen molar-refractivity contribution in [3.05, 3.63) is 39.4 Å². The number of rotatable bonds is 9. The van der Waals surface area contributed by atoms with Crippen molar-refractivity contribution in [2.24, 2.45) is 30.5 Å². The second kappa shape index (κ2) is 10.3. The van der Waals surface area contributed by atoms with Crippen molar-refractivity contribution in [1.29, 1.82) is 0 Å². The second-order valence-corrected chi connectivity index (χ2v) is 12.1. The Morgan fingerprint density at radius 2 is 1.81 bits per heavy atom. The van der Waals surface area contributed by atoms with Gasteiger partial charge in [0.2, 0.25) is 0 Å². The number of amides is 2. The third kappa shape index (κ3) is 5.01. The predicted octanol–water partition coefficient (Wildman–Crippen LogP) is 5.15. The minimum Gasteiger partial charge on any atom is -0.333 e. The van der Waals surface area contributed by atoms with E-state index < -0.39 is 0 Å². The molecule has 4 bridgehead atoms. The smallest absolute Gasteiger partial charge is 0.318 e. The summed E-state index contributed by atoms with van der Waals surface area (Å²) < 4.78 is 1.58. The van der Waals surface area contributed by atoms with Gasteiger partial charge in [-0.1, -0.05) is 24.4 Å². The molecule has 4 fully saturated rings. The summed E-state index contributed by atoms with van der Waals surface area (Å²) in [4.78, 5) is 33.8. The number of carbonyl (C=O) groups excluding carboxylic acids is 1. The van der Waals surface area contributed by atoms with Gasteiger partial charge in [0.05, 0.1) is 16.9 Å². The van der Waals surface area contributed by atoms with Gasteiger partial charge < -0.3 is 16.0 Å². The number of hydrogen-bond acceptors (Lipinski definition) is 4. The maximum Gasteiger partial charge on any atom is 0.318 e. The highest BCUT2D eigenvalue weighted by atomic mass is 35.5. The quantitative estimate of drug-likeness (QED) is 0.453. The lowest BCUT2D eigenvalue weighted by Gasteiger charge is -2.57. The molecule has 0 aliphatic heterocycles. The number of urea groups is 1. The van der Waals surface area contributed by atoms with Gasteiger partial charge in [0.25, 0.3) is 5.56 Å². The van der Waals surface area contributed by atoms with E-state index in [0.29, 0.717) is 34.8 Å². The summed E-state index contributed by atoms with van der Waals surface area (Å²) in [6.45, 7) is 3.29. The molecule has 0 saturated heterocycles. The van der Waals surface area contributed by atoms with Gasteiger partial charge in [-0.15, -0.1) is 0 Å². The van der Waals surface area contributed by atoms with Crippen LogP contribution in [0.2, 0.25) is 5.02 Å². The first kappa shape index (κ1) is 25.5. The Morgan fingerprint density at radius 3 is 2.44 bits per heavy atom. The number of halogens is 1. The van der Waals surface area contributed by atoms with E-state index in [-0.39, 0.29) is 23.2 Å². The van der Waals surface area contributed by atoms with Crippen LogP contribution in [0, 0.1) is 17.8 Å². The van der Waals surface area contributed by atoms with Crippen molar-refractivity contribution in [3.8, 4) is 0 Å². The molecule has 1 unspecified atom stereocenters. The van der Waals surface area contributed by atoms with E-state index >= 15 is 0 Å². The van der Waals surface area contributed by atoms with Crippen LogP contribution in [0.15, 0.2) is 23.0 Å². The van der Waals surface area contributed by atoms with Gasteiger partial charge in [-0.25, -0.2) is 9.78 Å². The van der Waals surface area contributed by atoms with Gasteiger partial charge in [-0.2, -0.15) is 0 Å². The normalized spacial score (nSPS) is 27.4. The summed E-state index contributed by atoms with van der Waals surface area (Å²) in [6.07, 6.45) is 11.3. The number of hydrogen-bond donors (Lipinski definition) is 2. The van der Waals surface area contributed by atoms with Crippen molar-refractivity contribution in [1.82, 2.24) is 19.8 Å². The molecule has 196 valence electrons. The molecule has 1 aromatic heterocycles. The molecular formula is C28H40ClN5O2. The van der Waals surface area contributed by atoms with Gasteiger partial charge in [-0.3, -0.25) is 9.36 Å². The fourth-order valence-electron chi connectivity index (χ4n) is 7.59. The van der Waals surface area contributed by atoms with Crippen LogP contribution < -0.4 is 16.6 Å². The molecule has 4 aliphatic rings. The summed E-state index contributed by atoms with van der Waals surface area (Å²) in [5, 5.41) is 4.61. The van der Waals surface area contributed by atoms with E-state index in [9.17, 15) is 9.59 Å². The molecule has 2 aromatic rings. The van der Waals surface area contributed by atoms with Crippen LogP contribution >= 0.6 is 11.6 Å². The fourth-order valence-corrected chi connectivity index (χ4v) is 7.75. The lowest BCUT2D eigenvalue weighted by Crippen LogP contribution is -2.62. The predicted molar refractivity (Wildman–Crippen MR) is 144 cm³/mol. The average molecular weight is 514 g/mol. The van der Waals surface area contributed by atoms with Crippen molar-refractivity contribution < 1.29 is 4.79 Å². The first-order chi connectivity index (χ1) is 17.3. The Balaban J connectivity index is 1.41. The van der Waals surface area contributed by atoms with Crippen molar-refractivity contribution in [2.75, 3.05) is 13.1 Å². The highest BCUT2D eigenvalue weighted by molar-refractivity contribution is 6.31. The maximum atomic E-state index is 13.9. The summed E-state index contributed by atoms with van der Waals surface area (Å²) in [5.41, 5.74) is 6.05. The van der Waals surface area contributed by atoms with Crippen LogP contribution in [0.25, 0.3) is 10.9 Å². The van der Waals surface area contributed by atoms with Crippen LogP contribution in [-0.4, -0.2) is 39.1 Å². The topological polar surface area (TPSA) is 93.2 Å². The molecule has 0 radical (unpaired) electrons. The molecule has 1 aromatic carbocycles. The minimum absolute atomic E-state index is 0.0243. The molecule has 36 heavy (non-hydrogen) atoms. The molecule has 4 aliphatic carbocycles. The number of nitrogens with one attached hydrogen (secondary N) is 1. The summed E-state index contributed by atoms with van der Waals surface area (Å²) in [7, 11) is 1.74. The molecule has 0 spiro atoms. The Hall–Kier alpha value is -2.12.